The van der Waals surface area contributed by atoms with E-state index < -0.39 is 11.7 Å². The number of carbonyl (C=O) groups is 1. The van der Waals surface area contributed by atoms with Crippen LogP contribution in [0.4, 0.5) is 13.2 Å². The number of hydrogen-bond donors (Lipinski definition) is 0. The van der Waals surface area contributed by atoms with Crippen molar-refractivity contribution >= 4 is 6.29 Å². The summed E-state index contributed by atoms with van der Waals surface area (Å²) in [5.74, 6) is 0. The number of aromatic nitrogens is 2. The predicted octanol–water partition coefficient (Wildman–Crippen LogP) is 6.04. The average Bonchev–Trinajstić information content (AvgIpc) is 3.19. The molecule has 0 unspecified atom stereocenters. The number of halogens is 3. The van der Waals surface area contributed by atoms with Crippen molar-refractivity contribution in [2.24, 2.45) is 0 Å². The molecule has 0 saturated heterocycles. The standard InChI is InChI=1S/C23H15F3N2O/c24-23(25,26)20-7-4-8-21(13-20)28-14-19(15-29)22(27-28)18-11-9-17(10-12-18)16-5-2-1-3-6-16/h1-15H. The number of nitrogens with zero attached hydrogens (tertiary/aromatic N) is 2. The molecule has 4 aromatic rings. The van der Waals surface area contributed by atoms with Gasteiger partial charge in [-0.25, -0.2) is 4.68 Å². The lowest BCUT2D eigenvalue weighted by atomic mass is 10.0. The highest BCUT2D eigenvalue weighted by Crippen LogP contribution is 2.31. The molecule has 144 valence electrons. The quantitative estimate of drug-likeness (QED) is 0.397. The second-order valence-corrected chi connectivity index (χ2v) is 6.49. The zero-order valence-corrected chi connectivity index (χ0v) is 15.1. The van der Waals surface area contributed by atoms with Gasteiger partial charge < -0.3 is 0 Å². The predicted molar refractivity (Wildman–Crippen MR) is 105 cm³/mol. The van der Waals surface area contributed by atoms with E-state index in [0.29, 0.717) is 23.1 Å². The van der Waals surface area contributed by atoms with Gasteiger partial charge in [-0.15, -0.1) is 0 Å². The molecular weight excluding hydrogens is 377 g/mol. The van der Waals surface area contributed by atoms with Crippen molar-refractivity contribution in [1.82, 2.24) is 9.78 Å². The Bertz CT molecular complexity index is 1150. The third kappa shape index (κ3) is 3.82. The SMILES string of the molecule is O=Cc1cn(-c2cccc(C(F)(F)F)c2)nc1-c1ccc(-c2ccccc2)cc1. The van der Waals surface area contributed by atoms with Gasteiger partial charge in [0.2, 0.25) is 0 Å². The maximum absolute atomic E-state index is 13.0. The second kappa shape index (κ2) is 7.39. The summed E-state index contributed by atoms with van der Waals surface area (Å²) < 4.78 is 40.3. The zero-order chi connectivity index (χ0) is 20.4. The summed E-state index contributed by atoms with van der Waals surface area (Å²) in [5, 5.41) is 4.37. The lowest BCUT2D eigenvalue weighted by molar-refractivity contribution is -0.137. The van der Waals surface area contributed by atoms with Gasteiger partial charge in [0.15, 0.2) is 6.29 Å². The van der Waals surface area contributed by atoms with Gasteiger partial charge in [0.1, 0.15) is 5.69 Å². The molecule has 1 aromatic heterocycles. The third-order valence-corrected chi connectivity index (χ3v) is 4.57. The first-order chi connectivity index (χ1) is 14.0. The van der Waals surface area contributed by atoms with Gasteiger partial charge in [-0.2, -0.15) is 18.3 Å². The summed E-state index contributed by atoms with van der Waals surface area (Å²) in [4.78, 5) is 11.5. The van der Waals surface area contributed by atoms with Crippen LogP contribution in [0.3, 0.4) is 0 Å². The van der Waals surface area contributed by atoms with Crippen molar-refractivity contribution in [2.75, 3.05) is 0 Å². The Morgan fingerprint density at radius 2 is 1.45 bits per heavy atom. The van der Waals surface area contributed by atoms with E-state index in [2.05, 4.69) is 5.10 Å². The summed E-state index contributed by atoms with van der Waals surface area (Å²) in [6, 6.07) is 22.2. The molecule has 3 aromatic carbocycles. The van der Waals surface area contributed by atoms with Crippen molar-refractivity contribution in [3.63, 3.8) is 0 Å². The zero-order valence-electron chi connectivity index (χ0n) is 15.1. The van der Waals surface area contributed by atoms with Crippen molar-refractivity contribution in [1.29, 1.82) is 0 Å². The number of benzene rings is 3. The van der Waals surface area contributed by atoms with E-state index in [1.165, 1.54) is 23.0 Å². The third-order valence-electron chi connectivity index (χ3n) is 4.57. The topological polar surface area (TPSA) is 34.9 Å². The number of carbonyl (C=O) groups excluding carboxylic acids is 1. The minimum absolute atomic E-state index is 0.232. The van der Waals surface area contributed by atoms with Crippen molar-refractivity contribution in [3.05, 3.63) is 96.2 Å². The van der Waals surface area contributed by atoms with Crippen LogP contribution in [0.15, 0.2) is 85.1 Å². The number of aldehydes is 1. The monoisotopic (exact) mass is 392 g/mol. The Labute approximate surface area is 165 Å². The number of alkyl halides is 3. The maximum Gasteiger partial charge on any atom is 0.416 e. The highest BCUT2D eigenvalue weighted by atomic mass is 19.4. The van der Waals surface area contributed by atoms with Crippen LogP contribution >= 0.6 is 0 Å². The normalized spacial score (nSPS) is 11.4. The van der Waals surface area contributed by atoms with E-state index in [9.17, 15) is 18.0 Å². The van der Waals surface area contributed by atoms with Crippen LogP contribution in [0, 0.1) is 0 Å². The first-order valence-corrected chi connectivity index (χ1v) is 8.84. The maximum atomic E-state index is 13.0. The lowest BCUT2D eigenvalue weighted by Crippen LogP contribution is -2.06. The molecular formula is C23H15F3N2O. The fourth-order valence-electron chi connectivity index (χ4n) is 3.11. The van der Waals surface area contributed by atoms with E-state index in [1.54, 1.807) is 0 Å². The van der Waals surface area contributed by atoms with Crippen LogP contribution in [-0.4, -0.2) is 16.1 Å². The molecule has 6 heteroatoms. The number of hydrogen-bond acceptors (Lipinski definition) is 2. The Balaban J connectivity index is 1.71. The minimum atomic E-state index is -4.45. The molecule has 0 aliphatic carbocycles. The molecule has 0 fully saturated rings. The molecule has 0 aliphatic rings. The van der Waals surface area contributed by atoms with Crippen LogP contribution in [0.25, 0.3) is 28.1 Å². The van der Waals surface area contributed by atoms with Crippen LogP contribution in [0.5, 0.6) is 0 Å². The first kappa shape index (κ1) is 18.7. The summed E-state index contributed by atoms with van der Waals surface area (Å²) in [6.07, 6.45) is -2.37. The molecule has 0 amide bonds. The molecule has 0 spiro atoms. The van der Waals surface area contributed by atoms with Crippen LogP contribution in [0.2, 0.25) is 0 Å². The van der Waals surface area contributed by atoms with Gasteiger partial charge in [0.05, 0.1) is 16.8 Å². The Morgan fingerprint density at radius 3 is 2.10 bits per heavy atom. The molecule has 0 saturated carbocycles. The van der Waals surface area contributed by atoms with Gasteiger partial charge in [0, 0.05) is 11.8 Å². The molecule has 29 heavy (non-hydrogen) atoms. The largest absolute Gasteiger partial charge is 0.416 e. The molecule has 0 N–H and O–H groups in total. The Hall–Kier alpha value is -3.67. The first-order valence-electron chi connectivity index (χ1n) is 8.84. The highest BCUT2D eigenvalue weighted by Gasteiger charge is 2.30. The van der Waals surface area contributed by atoms with Gasteiger partial charge in [-0.3, -0.25) is 4.79 Å². The van der Waals surface area contributed by atoms with Gasteiger partial charge in [0.25, 0.3) is 0 Å². The smallest absolute Gasteiger partial charge is 0.298 e. The van der Waals surface area contributed by atoms with Crippen molar-refractivity contribution in [3.8, 4) is 28.1 Å². The minimum Gasteiger partial charge on any atom is -0.298 e. The Morgan fingerprint density at radius 1 is 0.793 bits per heavy atom. The van der Waals surface area contributed by atoms with Crippen molar-refractivity contribution in [2.45, 2.75) is 6.18 Å². The van der Waals surface area contributed by atoms with Crippen LogP contribution in [-0.2, 0) is 6.18 Å². The molecule has 1 heterocycles. The summed E-state index contributed by atoms with van der Waals surface area (Å²) in [6.45, 7) is 0. The molecule has 0 atom stereocenters. The lowest BCUT2D eigenvalue weighted by Gasteiger charge is -2.08. The summed E-state index contributed by atoms with van der Waals surface area (Å²) in [5.41, 5.74) is 2.95. The number of rotatable bonds is 4. The summed E-state index contributed by atoms with van der Waals surface area (Å²) in [7, 11) is 0. The van der Waals surface area contributed by atoms with Gasteiger partial charge in [-0.1, -0.05) is 60.7 Å². The fraction of sp³-hybridized carbons (Fsp3) is 0.0435. The van der Waals surface area contributed by atoms with Gasteiger partial charge in [-0.05, 0) is 29.3 Å². The van der Waals surface area contributed by atoms with Crippen LogP contribution < -0.4 is 0 Å². The van der Waals surface area contributed by atoms with Gasteiger partial charge >= 0.3 is 6.18 Å². The second-order valence-electron chi connectivity index (χ2n) is 6.49. The molecule has 0 radical (unpaired) electrons. The van der Waals surface area contributed by atoms with E-state index in [0.717, 1.165) is 23.3 Å². The average molecular weight is 392 g/mol. The molecule has 3 nitrogen and oxygen atoms in total. The fourth-order valence-corrected chi connectivity index (χ4v) is 3.11. The molecule has 4 rings (SSSR count). The molecule has 0 aliphatic heterocycles. The van der Waals surface area contributed by atoms with Crippen molar-refractivity contribution < 1.29 is 18.0 Å². The van der Waals surface area contributed by atoms with Crippen LogP contribution in [0.1, 0.15) is 15.9 Å². The van der Waals surface area contributed by atoms with E-state index in [4.69, 9.17) is 0 Å². The van der Waals surface area contributed by atoms with E-state index in [1.807, 2.05) is 54.6 Å². The highest BCUT2D eigenvalue weighted by molar-refractivity contribution is 5.86. The van der Waals surface area contributed by atoms with E-state index >= 15 is 0 Å². The molecule has 0 bridgehead atoms. The summed E-state index contributed by atoms with van der Waals surface area (Å²) >= 11 is 0. The Kier molecular flexibility index (Phi) is 4.76. The van der Waals surface area contributed by atoms with E-state index in [-0.39, 0.29) is 5.69 Å².